The van der Waals surface area contributed by atoms with Crippen molar-refractivity contribution in [1.29, 1.82) is 0 Å². The summed E-state index contributed by atoms with van der Waals surface area (Å²) >= 11 is 0. The largest absolute Gasteiger partial charge is 0.391 e. The monoisotopic (exact) mass is 281 g/mol. The van der Waals surface area contributed by atoms with Gasteiger partial charge in [-0.15, -0.1) is 0 Å². The highest BCUT2D eigenvalue weighted by atomic mass is 16.3. The van der Waals surface area contributed by atoms with Crippen molar-refractivity contribution in [3.05, 3.63) is 71.8 Å². The molecule has 21 heavy (non-hydrogen) atoms. The molecule has 2 aromatic carbocycles. The second-order valence-electron chi connectivity index (χ2n) is 5.91. The number of hydrogen-bond acceptors (Lipinski definition) is 2. The van der Waals surface area contributed by atoms with Crippen LogP contribution >= 0.6 is 0 Å². The second-order valence-corrected chi connectivity index (χ2v) is 5.91. The third-order valence-electron chi connectivity index (χ3n) is 4.45. The number of rotatable bonds is 4. The van der Waals surface area contributed by atoms with Crippen molar-refractivity contribution in [3.63, 3.8) is 0 Å². The van der Waals surface area contributed by atoms with Gasteiger partial charge in [0.15, 0.2) is 0 Å². The molecule has 3 rings (SSSR count). The Kier molecular flexibility index (Phi) is 4.69. The fourth-order valence-electron chi connectivity index (χ4n) is 3.22. The Balaban J connectivity index is 1.54. The summed E-state index contributed by atoms with van der Waals surface area (Å²) in [6.45, 7) is 2.89. The summed E-state index contributed by atoms with van der Waals surface area (Å²) < 4.78 is 0. The lowest BCUT2D eigenvalue weighted by molar-refractivity contribution is 0.0519. The van der Waals surface area contributed by atoms with Crippen molar-refractivity contribution >= 4 is 0 Å². The predicted octanol–water partition coefficient (Wildman–Crippen LogP) is 3.08. The van der Waals surface area contributed by atoms with Crippen LogP contribution in [0.1, 0.15) is 23.5 Å². The molecule has 2 heteroatoms. The number of β-amino-alcohol motifs (C(OH)–C–C–N with tert-alkyl or cyclic N) is 1. The molecule has 2 aromatic rings. The molecular formula is C19H23NO. The molecule has 0 spiro atoms. The minimum absolute atomic E-state index is 0.253. The van der Waals surface area contributed by atoms with Gasteiger partial charge in [0.05, 0.1) is 6.10 Å². The Morgan fingerprint density at radius 2 is 1.62 bits per heavy atom. The molecule has 110 valence electrons. The highest BCUT2D eigenvalue weighted by Crippen LogP contribution is 2.28. The number of piperidine rings is 1. The Hall–Kier alpha value is -1.64. The van der Waals surface area contributed by atoms with Crippen LogP contribution in [0.2, 0.25) is 0 Å². The molecule has 1 saturated heterocycles. The lowest BCUT2D eigenvalue weighted by Crippen LogP contribution is -2.43. The zero-order valence-corrected chi connectivity index (χ0v) is 12.4. The van der Waals surface area contributed by atoms with Crippen molar-refractivity contribution in [1.82, 2.24) is 4.90 Å². The molecule has 0 radical (unpaired) electrons. The Morgan fingerprint density at radius 3 is 2.29 bits per heavy atom. The summed E-state index contributed by atoms with van der Waals surface area (Å²) in [5.74, 6) is 0.291. The third kappa shape index (κ3) is 3.72. The van der Waals surface area contributed by atoms with E-state index in [0.29, 0.717) is 5.92 Å². The van der Waals surface area contributed by atoms with E-state index in [1.54, 1.807) is 0 Å². The number of likely N-dealkylation sites (tertiary alicyclic amines) is 1. The normalized spacial score (nSPS) is 23.1. The van der Waals surface area contributed by atoms with E-state index in [1.165, 1.54) is 11.1 Å². The highest BCUT2D eigenvalue weighted by molar-refractivity contribution is 5.21. The van der Waals surface area contributed by atoms with Crippen LogP contribution in [0.15, 0.2) is 60.7 Å². The number of aliphatic hydroxyl groups is 1. The topological polar surface area (TPSA) is 23.5 Å². The molecule has 0 saturated carbocycles. The summed E-state index contributed by atoms with van der Waals surface area (Å²) in [7, 11) is 0. The van der Waals surface area contributed by atoms with Crippen molar-refractivity contribution < 1.29 is 5.11 Å². The van der Waals surface area contributed by atoms with Gasteiger partial charge in [0.2, 0.25) is 0 Å². The van der Waals surface area contributed by atoms with Gasteiger partial charge in [-0.05, 0) is 30.5 Å². The minimum atomic E-state index is -0.253. The maximum atomic E-state index is 10.4. The van der Waals surface area contributed by atoms with Gasteiger partial charge in [-0.25, -0.2) is 0 Å². The summed E-state index contributed by atoms with van der Waals surface area (Å²) in [4.78, 5) is 2.39. The Bertz CT molecular complexity index is 540. The van der Waals surface area contributed by atoms with Crippen LogP contribution in [-0.4, -0.2) is 35.7 Å². The van der Waals surface area contributed by atoms with Crippen LogP contribution in [-0.2, 0) is 6.42 Å². The SMILES string of the molecule is O[C@H]1CN(CCc2ccccc2)CC[C@@H]1c1ccccc1. The van der Waals surface area contributed by atoms with Gasteiger partial charge in [-0.2, -0.15) is 0 Å². The number of nitrogens with zero attached hydrogens (tertiary/aromatic N) is 1. The van der Waals surface area contributed by atoms with Crippen molar-refractivity contribution in [2.75, 3.05) is 19.6 Å². The van der Waals surface area contributed by atoms with Gasteiger partial charge in [0, 0.05) is 19.0 Å². The smallest absolute Gasteiger partial charge is 0.0735 e. The molecule has 2 nitrogen and oxygen atoms in total. The predicted molar refractivity (Wildman–Crippen MR) is 86.4 cm³/mol. The van der Waals surface area contributed by atoms with Crippen LogP contribution in [0.25, 0.3) is 0 Å². The maximum Gasteiger partial charge on any atom is 0.0735 e. The van der Waals surface area contributed by atoms with Crippen molar-refractivity contribution in [2.24, 2.45) is 0 Å². The first-order valence-electron chi connectivity index (χ1n) is 7.82. The molecule has 2 atom stereocenters. The summed E-state index contributed by atoms with van der Waals surface area (Å²) in [6.07, 6.45) is 1.85. The first-order valence-corrected chi connectivity index (χ1v) is 7.82. The standard InChI is InChI=1S/C19H23NO/c21-19-15-20(13-11-16-7-3-1-4-8-16)14-12-18(19)17-9-5-2-6-10-17/h1-10,18-19,21H,11-15H2/t18-,19+/m1/s1. The van der Waals surface area contributed by atoms with Crippen LogP contribution < -0.4 is 0 Å². The quantitative estimate of drug-likeness (QED) is 0.931. The average molecular weight is 281 g/mol. The van der Waals surface area contributed by atoms with E-state index in [2.05, 4.69) is 59.5 Å². The van der Waals surface area contributed by atoms with Gasteiger partial charge in [-0.1, -0.05) is 60.7 Å². The molecule has 1 aliphatic heterocycles. The zero-order chi connectivity index (χ0) is 14.5. The molecule has 0 unspecified atom stereocenters. The highest BCUT2D eigenvalue weighted by Gasteiger charge is 2.28. The Morgan fingerprint density at radius 1 is 0.952 bits per heavy atom. The van der Waals surface area contributed by atoms with Gasteiger partial charge in [0.25, 0.3) is 0 Å². The Labute approximate surface area is 127 Å². The van der Waals surface area contributed by atoms with E-state index in [0.717, 1.165) is 32.5 Å². The fourth-order valence-corrected chi connectivity index (χ4v) is 3.22. The van der Waals surface area contributed by atoms with Gasteiger partial charge >= 0.3 is 0 Å². The van der Waals surface area contributed by atoms with E-state index in [4.69, 9.17) is 0 Å². The van der Waals surface area contributed by atoms with Crippen LogP contribution in [0.5, 0.6) is 0 Å². The molecule has 1 heterocycles. The third-order valence-corrected chi connectivity index (χ3v) is 4.45. The first-order chi connectivity index (χ1) is 10.3. The first kappa shape index (κ1) is 14.3. The molecule has 1 N–H and O–H groups in total. The number of benzene rings is 2. The summed E-state index contributed by atoms with van der Waals surface area (Å²) in [5.41, 5.74) is 2.64. The zero-order valence-electron chi connectivity index (χ0n) is 12.4. The van der Waals surface area contributed by atoms with Crippen molar-refractivity contribution in [3.8, 4) is 0 Å². The van der Waals surface area contributed by atoms with E-state index in [1.807, 2.05) is 6.07 Å². The maximum absolute atomic E-state index is 10.4. The van der Waals surface area contributed by atoms with Gasteiger partial charge in [0.1, 0.15) is 0 Å². The molecule has 0 aliphatic carbocycles. The van der Waals surface area contributed by atoms with E-state index in [9.17, 15) is 5.11 Å². The van der Waals surface area contributed by atoms with Gasteiger partial charge < -0.3 is 10.0 Å². The van der Waals surface area contributed by atoms with E-state index >= 15 is 0 Å². The average Bonchev–Trinajstić information content (AvgIpc) is 2.55. The molecule has 0 bridgehead atoms. The van der Waals surface area contributed by atoms with Crippen LogP contribution in [0, 0.1) is 0 Å². The molecule has 1 fully saturated rings. The molecule has 1 aliphatic rings. The summed E-state index contributed by atoms with van der Waals surface area (Å²) in [6, 6.07) is 21.0. The lowest BCUT2D eigenvalue weighted by atomic mass is 9.87. The van der Waals surface area contributed by atoms with Crippen LogP contribution in [0.3, 0.4) is 0 Å². The van der Waals surface area contributed by atoms with E-state index in [-0.39, 0.29) is 6.10 Å². The molecular weight excluding hydrogens is 258 g/mol. The minimum Gasteiger partial charge on any atom is -0.391 e. The second kappa shape index (κ2) is 6.88. The molecule has 0 amide bonds. The number of aliphatic hydroxyl groups excluding tert-OH is 1. The van der Waals surface area contributed by atoms with E-state index < -0.39 is 0 Å². The summed E-state index contributed by atoms with van der Waals surface area (Å²) in [5, 5.41) is 10.4. The van der Waals surface area contributed by atoms with Gasteiger partial charge in [-0.3, -0.25) is 0 Å². The van der Waals surface area contributed by atoms with Crippen LogP contribution in [0.4, 0.5) is 0 Å². The molecule has 0 aromatic heterocycles. The lowest BCUT2D eigenvalue weighted by Gasteiger charge is -2.36. The fraction of sp³-hybridized carbons (Fsp3) is 0.368. The van der Waals surface area contributed by atoms with Crippen molar-refractivity contribution in [2.45, 2.75) is 24.9 Å². The number of hydrogen-bond donors (Lipinski definition) is 1.